The third kappa shape index (κ3) is 2.12. The molecule has 1 heterocycles. The van der Waals surface area contributed by atoms with Crippen LogP contribution in [0.2, 0.25) is 0 Å². The second kappa shape index (κ2) is 4.15. The van der Waals surface area contributed by atoms with Crippen molar-refractivity contribution in [2.24, 2.45) is 0 Å². The van der Waals surface area contributed by atoms with Crippen molar-refractivity contribution in [3.63, 3.8) is 0 Å². The molecule has 0 radical (unpaired) electrons. The monoisotopic (exact) mass is 254 g/mol. The lowest BCUT2D eigenvalue weighted by molar-refractivity contribution is -0.138. The lowest BCUT2D eigenvalue weighted by Crippen LogP contribution is -2.10. The van der Waals surface area contributed by atoms with Gasteiger partial charge in [-0.25, -0.2) is 4.98 Å². The number of halogens is 3. The van der Waals surface area contributed by atoms with Crippen molar-refractivity contribution in [1.29, 1.82) is 0 Å². The van der Waals surface area contributed by atoms with Gasteiger partial charge in [-0.05, 0) is 29.0 Å². The number of anilines is 1. The van der Waals surface area contributed by atoms with Crippen molar-refractivity contribution in [1.82, 2.24) is 4.98 Å². The first-order valence-electron chi connectivity index (χ1n) is 5.56. The molecule has 5 heteroatoms. The summed E-state index contributed by atoms with van der Waals surface area (Å²) in [6.45, 7) is 3.47. The zero-order valence-corrected chi connectivity index (χ0v) is 10.0. The number of rotatable bonds is 1. The number of alkyl halides is 3. The zero-order chi connectivity index (χ0) is 13.5. The van der Waals surface area contributed by atoms with Crippen molar-refractivity contribution < 1.29 is 13.2 Å². The Kier molecular flexibility index (Phi) is 2.92. The summed E-state index contributed by atoms with van der Waals surface area (Å²) >= 11 is 0. The van der Waals surface area contributed by atoms with Crippen LogP contribution in [0.4, 0.5) is 19.0 Å². The van der Waals surface area contributed by atoms with E-state index in [-0.39, 0.29) is 17.3 Å². The van der Waals surface area contributed by atoms with Gasteiger partial charge in [0, 0.05) is 11.6 Å². The Morgan fingerprint density at radius 3 is 2.44 bits per heavy atom. The molecule has 2 rings (SSSR count). The average molecular weight is 254 g/mol. The van der Waals surface area contributed by atoms with Crippen LogP contribution in [0.3, 0.4) is 0 Å². The molecule has 0 aliphatic rings. The van der Waals surface area contributed by atoms with E-state index in [4.69, 9.17) is 5.73 Å². The Morgan fingerprint density at radius 2 is 1.89 bits per heavy atom. The Bertz CT molecular complexity index is 589. The molecule has 96 valence electrons. The van der Waals surface area contributed by atoms with E-state index in [9.17, 15) is 13.2 Å². The molecule has 0 atom stereocenters. The van der Waals surface area contributed by atoms with Crippen LogP contribution in [0.1, 0.15) is 30.9 Å². The molecule has 0 aliphatic heterocycles. The van der Waals surface area contributed by atoms with E-state index >= 15 is 0 Å². The van der Waals surface area contributed by atoms with E-state index in [0.29, 0.717) is 10.8 Å². The maximum absolute atomic E-state index is 13.0. The van der Waals surface area contributed by atoms with Crippen LogP contribution >= 0.6 is 0 Å². The zero-order valence-electron chi connectivity index (χ0n) is 10.0. The largest absolute Gasteiger partial charge is 0.416 e. The first-order valence-corrected chi connectivity index (χ1v) is 5.56. The summed E-state index contributed by atoms with van der Waals surface area (Å²) in [5, 5.41) is 1.02. The van der Waals surface area contributed by atoms with Crippen LogP contribution in [0.25, 0.3) is 10.8 Å². The van der Waals surface area contributed by atoms with Crippen LogP contribution in [-0.2, 0) is 6.18 Å². The molecule has 2 N–H and O–H groups in total. The van der Waals surface area contributed by atoms with E-state index in [1.807, 2.05) is 0 Å². The van der Waals surface area contributed by atoms with Gasteiger partial charge in [0.05, 0.1) is 5.56 Å². The Labute approximate surface area is 103 Å². The molecule has 1 aromatic heterocycles. The smallest absolute Gasteiger partial charge is 0.383 e. The van der Waals surface area contributed by atoms with E-state index < -0.39 is 11.7 Å². The molecular formula is C13H13F3N2. The quantitative estimate of drug-likeness (QED) is 0.836. The first kappa shape index (κ1) is 12.7. The van der Waals surface area contributed by atoms with E-state index in [1.54, 1.807) is 26.0 Å². The summed E-state index contributed by atoms with van der Waals surface area (Å²) in [5.41, 5.74) is 5.26. The predicted molar refractivity (Wildman–Crippen MR) is 65.2 cm³/mol. The molecule has 18 heavy (non-hydrogen) atoms. The second-order valence-electron chi connectivity index (χ2n) is 4.51. The number of nitrogens with two attached hydrogens (primary N) is 1. The number of hydrogen-bond donors (Lipinski definition) is 1. The summed E-state index contributed by atoms with van der Waals surface area (Å²) in [6, 6.07) is 4.30. The fourth-order valence-corrected chi connectivity index (χ4v) is 1.98. The maximum atomic E-state index is 13.0. The molecule has 2 nitrogen and oxygen atoms in total. The van der Waals surface area contributed by atoms with Gasteiger partial charge in [-0.2, -0.15) is 13.2 Å². The third-order valence-electron chi connectivity index (χ3n) is 2.89. The van der Waals surface area contributed by atoms with Gasteiger partial charge in [0.15, 0.2) is 0 Å². The number of hydrogen-bond acceptors (Lipinski definition) is 2. The van der Waals surface area contributed by atoms with Crippen molar-refractivity contribution in [3.8, 4) is 0 Å². The van der Waals surface area contributed by atoms with E-state index in [2.05, 4.69) is 4.98 Å². The Morgan fingerprint density at radius 1 is 1.22 bits per heavy atom. The van der Waals surface area contributed by atoms with Crippen molar-refractivity contribution in [2.45, 2.75) is 25.9 Å². The van der Waals surface area contributed by atoms with Gasteiger partial charge in [0.1, 0.15) is 5.82 Å². The van der Waals surface area contributed by atoms with Crippen LogP contribution < -0.4 is 5.73 Å². The van der Waals surface area contributed by atoms with Crippen molar-refractivity contribution >= 4 is 16.6 Å². The van der Waals surface area contributed by atoms with Crippen LogP contribution in [-0.4, -0.2) is 4.98 Å². The van der Waals surface area contributed by atoms with Crippen molar-refractivity contribution in [2.75, 3.05) is 5.73 Å². The highest BCUT2D eigenvalue weighted by atomic mass is 19.4. The fraction of sp³-hybridized carbons (Fsp3) is 0.308. The number of fused-ring (bicyclic) bond motifs is 1. The lowest BCUT2D eigenvalue weighted by Gasteiger charge is -2.17. The second-order valence-corrected chi connectivity index (χ2v) is 4.51. The number of benzene rings is 1. The van der Waals surface area contributed by atoms with Crippen LogP contribution in [0.15, 0.2) is 24.4 Å². The molecular weight excluding hydrogens is 241 g/mol. The molecule has 0 aliphatic carbocycles. The third-order valence-corrected chi connectivity index (χ3v) is 2.89. The number of nitrogen functional groups attached to an aromatic ring is 1. The van der Waals surface area contributed by atoms with Gasteiger partial charge < -0.3 is 5.73 Å². The van der Waals surface area contributed by atoms with Gasteiger partial charge in [0.25, 0.3) is 0 Å². The fourth-order valence-electron chi connectivity index (χ4n) is 1.98. The van der Waals surface area contributed by atoms with Gasteiger partial charge in [0.2, 0.25) is 0 Å². The molecule has 0 fully saturated rings. The predicted octanol–water partition coefficient (Wildman–Crippen LogP) is 3.96. The molecule has 1 aromatic carbocycles. The summed E-state index contributed by atoms with van der Waals surface area (Å²) in [6.07, 6.45) is -2.88. The summed E-state index contributed by atoms with van der Waals surface area (Å²) < 4.78 is 39.0. The first-order chi connectivity index (χ1) is 8.30. The minimum absolute atomic E-state index is 0.119. The maximum Gasteiger partial charge on any atom is 0.416 e. The molecule has 0 saturated heterocycles. The van der Waals surface area contributed by atoms with E-state index in [0.717, 1.165) is 6.07 Å². The molecule has 0 unspecified atom stereocenters. The summed E-state index contributed by atoms with van der Waals surface area (Å²) in [7, 11) is 0. The standard InChI is InChI=1S/C13H13F3N2/c1-7(2)9-5-8-3-4-18-12(17)10(8)6-11(9)13(14,15)16/h3-7H,1-2H3,(H2,17,18). The number of aromatic nitrogens is 1. The highest BCUT2D eigenvalue weighted by Gasteiger charge is 2.34. The van der Waals surface area contributed by atoms with Gasteiger partial charge >= 0.3 is 6.18 Å². The average Bonchev–Trinajstić information content (AvgIpc) is 2.26. The SMILES string of the molecule is CC(C)c1cc2ccnc(N)c2cc1C(F)(F)F. The minimum atomic E-state index is -4.38. The van der Waals surface area contributed by atoms with Crippen LogP contribution in [0.5, 0.6) is 0 Å². The highest BCUT2D eigenvalue weighted by molar-refractivity contribution is 5.92. The molecule has 0 spiro atoms. The minimum Gasteiger partial charge on any atom is -0.383 e. The molecule has 0 bridgehead atoms. The number of nitrogens with zero attached hydrogens (tertiary/aromatic N) is 1. The topological polar surface area (TPSA) is 38.9 Å². The Hall–Kier alpha value is -1.78. The molecule has 0 saturated carbocycles. The molecule has 0 amide bonds. The Balaban J connectivity index is 2.82. The van der Waals surface area contributed by atoms with Gasteiger partial charge in [-0.3, -0.25) is 0 Å². The summed E-state index contributed by atoms with van der Waals surface area (Å²) in [4.78, 5) is 3.82. The van der Waals surface area contributed by atoms with Crippen LogP contribution in [0, 0.1) is 0 Å². The van der Waals surface area contributed by atoms with E-state index in [1.165, 1.54) is 6.20 Å². The highest BCUT2D eigenvalue weighted by Crippen LogP contribution is 2.38. The van der Waals surface area contributed by atoms with Gasteiger partial charge in [-0.1, -0.05) is 19.9 Å². The lowest BCUT2D eigenvalue weighted by atomic mass is 9.93. The number of pyridine rings is 1. The normalized spacial score (nSPS) is 12.3. The van der Waals surface area contributed by atoms with Gasteiger partial charge in [-0.15, -0.1) is 0 Å². The summed E-state index contributed by atoms with van der Waals surface area (Å²) in [5.74, 6) is -0.0891. The van der Waals surface area contributed by atoms with Crippen molar-refractivity contribution in [3.05, 3.63) is 35.5 Å². The molecule has 2 aromatic rings.